The number of rotatable bonds is 5. The number of para-hydroxylation sites is 1. The van der Waals surface area contributed by atoms with Crippen molar-refractivity contribution in [2.24, 2.45) is 0 Å². The third-order valence-corrected chi connectivity index (χ3v) is 5.64. The summed E-state index contributed by atoms with van der Waals surface area (Å²) in [7, 11) is 1.29. The van der Waals surface area contributed by atoms with Gasteiger partial charge in [0.2, 0.25) is 0 Å². The molecule has 4 rings (SSSR count). The molecule has 1 aliphatic heterocycles. The van der Waals surface area contributed by atoms with Crippen LogP contribution in [0.2, 0.25) is 0 Å². The molecule has 1 unspecified atom stereocenters. The van der Waals surface area contributed by atoms with Gasteiger partial charge in [-0.25, -0.2) is 9.59 Å². The lowest BCUT2D eigenvalue weighted by Gasteiger charge is -2.23. The molecule has 1 heterocycles. The van der Waals surface area contributed by atoms with Crippen LogP contribution in [0, 0.1) is 0 Å². The van der Waals surface area contributed by atoms with Gasteiger partial charge in [0, 0.05) is 23.8 Å². The van der Waals surface area contributed by atoms with Crippen LogP contribution in [0.1, 0.15) is 38.8 Å². The van der Waals surface area contributed by atoms with Gasteiger partial charge in [0.05, 0.1) is 18.4 Å². The Morgan fingerprint density at radius 2 is 1.73 bits per heavy atom. The number of urea groups is 1. The summed E-state index contributed by atoms with van der Waals surface area (Å²) in [5.74, 6) is -0.564. The Labute approximate surface area is 192 Å². The van der Waals surface area contributed by atoms with Crippen molar-refractivity contribution in [2.75, 3.05) is 17.3 Å². The van der Waals surface area contributed by atoms with E-state index in [9.17, 15) is 14.4 Å². The molecule has 0 spiro atoms. The van der Waals surface area contributed by atoms with Gasteiger partial charge >= 0.3 is 12.0 Å². The average molecular weight is 444 g/mol. The first kappa shape index (κ1) is 22.1. The highest BCUT2D eigenvalue weighted by molar-refractivity contribution is 6.07. The van der Waals surface area contributed by atoms with Gasteiger partial charge < -0.3 is 20.3 Å². The Balaban J connectivity index is 1.46. The van der Waals surface area contributed by atoms with E-state index < -0.39 is 12.0 Å². The first-order valence-electron chi connectivity index (χ1n) is 10.7. The molecular weight excluding hydrogens is 418 g/mol. The fourth-order valence-corrected chi connectivity index (χ4v) is 4.02. The van der Waals surface area contributed by atoms with Crippen LogP contribution in [0.25, 0.3) is 0 Å². The van der Waals surface area contributed by atoms with Gasteiger partial charge in [-0.15, -0.1) is 0 Å². The maximum Gasteiger partial charge on any atom is 0.339 e. The van der Waals surface area contributed by atoms with Gasteiger partial charge in [-0.2, -0.15) is 0 Å². The topological polar surface area (TPSA) is 87.7 Å². The molecular formula is C26H25N3O4. The Hall–Kier alpha value is -4.13. The van der Waals surface area contributed by atoms with Gasteiger partial charge in [0.15, 0.2) is 0 Å². The molecule has 0 aliphatic carbocycles. The number of anilines is 2. The van der Waals surface area contributed by atoms with Crippen LogP contribution in [0.5, 0.6) is 0 Å². The van der Waals surface area contributed by atoms with Crippen molar-refractivity contribution >= 4 is 29.3 Å². The van der Waals surface area contributed by atoms with E-state index in [1.54, 1.807) is 24.3 Å². The van der Waals surface area contributed by atoms with Gasteiger partial charge in [0.1, 0.15) is 0 Å². The number of carbonyl (C=O) groups excluding carboxylic acids is 3. The van der Waals surface area contributed by atoms with E-state index in [4.69, 9.17) is 4.74 Å². The largest absolute Gasteiger partial charge is 0.465 e. The van der Waals surface area contributed by atoms with E-state index in [1.165, 1.54) is 7.11 Å². The van der Waals surface area contributed by atoms with E-state index >= 15 is 0 Å². The third-order valence-electron chi connectivity index (χ3n) is 5.64. The van der Waals surface area contributed by atoms with Crippen LogP contribution >= 0.6 is 0 Å². The third kappa shape index (κ3) is 4.72. The number of hydrogen-bond donors (Lipinski definition) is 2. The minimum Gasteiger partial charge on any atom is -0.465 e. The van der Waals surface area contributed by atoms with E-state index in [1.807, 2.05) is 60.4 Å². The maximum atomic E-state index is 13.1. The summed E-state index contributed by atoms with van der Waals surface area (Å²) < 4.78 is 4.76. The first-order chi connectivity index (χ1) is 16.0. The lowest BCUT2D eigenvalue weighted by Crippen LogP contribution is -2.35. The van der Waals surface area contributed by atoms with Crippen molar-refractivity contribution in [1.82, 2.24) is 5.32 Å². The number of hydrogen-bond acceptors (Lipinski definition) is 4. The van der Waals surface area contributed by atoms with Crippen molar-refractivity contribution in [3.63, 3.8) is 0 Å². The van der Waals surface area contributed by atoms with Gasteiger partial charge in [0.25, 0.3) is 5.91 Å². The standard InChI is InChI=1S/C26H25N3O4/c1-17-14-20-13-12-18(15-23(20)29(17)24(30)19-8-4-3-5-9-19)16-27-26(32)28-22-11-7-6-10-21(22)25(31)33-2/h3-13,15,17H,14,16H2,1-2H3,(H2,27,28,32). The predicted molar refractivity (Wildman–Crippen MR) is 126 cm³/mol. The Kier molecular flexibility index (Phi) is 6.40. The van der Waals surface area contributed by atoms with E-state index in [0.717, 1.165) is 23.2 Å². The van der Waals surface area contributed by atoms with Crippen LogP contribution in [-0.2, 0) is 17.7 Å². The molecule has 0 bridgehead atoms. The summed E-state index contributed by atoms with van der Waals surface area (Å²) in [6.45, 7) is 2.30. The molecule has 33 heavy (non-hydrogen) atoms. The van der Waals surface area contributed by atoms with Crippen LogP contribution in [0.15, 0.2) is 72.8 Å². The van der Waals surface area contributed by atoms with Gasteiger partial charge in [-0.1, -0.05) is 42.5 Å². The highest BCUT2D eigenvalue weighted by Crippen LogP contribution is 2.34. The molecule has 3 aromatic rings. The highest BCUT2D eigenvalue weighted by atomic mass is 16.5. The SMILES string of the molecule is COC(=O)c1ccccc1NC(=O)NCc1ccc2c(c1)N(C(=O)c1ccccc1)C(C)C2. The van der Waals surface area contributed by atoms with Gasteiger partial charge in [-0.05, 0) is 54.8 Å². The summed E-state index contributed by atoms with van der Waals surface area (Å²) >= 11 is 0. The molecule has 168 valence electrons. The molecule has 7 nitrogen and oxygen atoms in total. The van der Waals surface area contributed by atoms with Crippen molar-refractivity contribution in [3.8, 4) is 0 Å². The number of amides is 3. The van der Waals surface area contributed by atoms with Crippen LogP contribution in [-0.4, -0.2) is 31.1 Å². The second kappa shape index (κ2) is 9.56. The summed E-state index contributed by atoms with van der Waals surface area (Å²) in [5.41, 5.74) is 4.12. The fraction of sp³-hybridized carbons (Fsp3) is 0.192. The van der Waals surface area contributed by atoms with Crippen molar-refractivity contribution in [2.45, 2.75) is 25.9 Å². The molecule has 2 N–H and O–H groups in total. The highest BCUT2D eigenvalue weighted by Gasteiger charge is 2.31. The summed E-state index contributed by atoms with van der Waals surface area (Å²) in [6.07, 6.45) is 0.784. The molecule has 0 radical (unpaired) electrons. The Morgan fingerprint density at radius 1 is 1.00 bits per heavy atom. The minimum atomic E-state index is -0.526. The molecule has 3 amide bonds. The van der Waals surface area contributed by atoms with Crippen LogP contribution in [0.4, 0.5) is 16.2 Å². The monoisotopic (exact) mass is 443 g/mol. The zero-order valence-corrected chi connectivity index (χ0v) is 18.5. The summed E-state index contributed by atoms with van der Waals surface area (Å²) in [6, 6.07) is 21.4. The average Bonchev–Trinajstić information content (AvgIpc) is 3.17. The van der Waals surface area contributed by atoms with Crippen molar-refractivity contribution in [3.05, 3.63) is 95.1 Å². The lowest BCUT2D eigenvalue weighted by atomic mass is 10.1. The van der Waals surface area contributed by atoms with Crippen LogP contribution in [0.3, 0.4) is 0 Å². The number of methoxy groups -OCH3 is 1. The molecule has 1 atom stereocenters. The first-order valence-corrected chi connectivity index (χ1v) is 10.7. The molecule has 1 aliphatic rings. The number of fused-ring (bicyclic) bond motifs is 1. The minimum absolute atomic E-state index is 0.0379. The molecule has 0 saturated carbocycles. The summed E-state index contributed by atoms with van der Waals surface area (Å²) in [4.78, 5) is 39.3. The number of esters is 1. The molecule has 0 saturated heterocycles. The Bertz CT molecular complexity index is 1190. The predicted octanol–water partition coefficient (Wildman–Crippen LogP) is 4.39. The van der Waals surface area contributed by atoms with Crippen molar-refractivity contribution < 1.29 is 19.1 Å². The second-order valence-electron chi connectivity index (χ2n) is 7.90. The molecule has 7 heteroatoms. The lowest BCUT2D eigenvalue weighted by molar-refractivity contribution is 0.0601. The zero-order chi connectivity index (χ0) is 23.4. The van der Waals surface area contributed by atoms with Gasteiger partial charge in [-0.3, -0.25) is 4.79 Å². The van der Waals surface area contributed by atoms with E-state index in [2.05, 4.69) is 10.6 Å². The second-order valence-corrected chi connectivity index (χ2v) is 7.90. The number of carbonyl (C=O) groups is 3. The fourth-order valence-electron chi connectivity index (χ4n) is 4.02. The Morgan fingerprint density at radius 3 is 2.48 bits per heavy atom. The zero-order valence-electron chi connectivity index (χ0n) is 18.5. The number of nitrogens with zero attached hydrogens (tertiary/aromatic N) is 1. The number of ether oxygens (including phenoxy) is 1. The summed E-state index contributed by atoms with van der Waals surface area (Å²) in [5, 5.41) is 5.49. The molecule has 3 aromatic carbocycles. The normalized spacial score (nSPS) is 14.4. The molecule has 0 fully saturated rings. The maximum absolute atomic E-state index is 13.1. The molecule has 0 aromatic heterocycles. The van der Waals surface area contributed by atoms with Crippen molar-refractivity contribution in [1.29, 1.82) is 0 Å². The number of nitrogens with one attached hydrogen (secondary N) is 2. The quantitative estimate of drug-likeness (QED) is 0.573. The smallest absolute Gasteiger partial charge is 0.339 e. The van der Waals surface area contributed by atoms with E-state index in [-0.39, 0.29) is 24.1 Å². The van der Waals surface area contributed by atoms with E-state index in [0.29, 0.717) is 11.3 Å². The van der Waals surface area contributed by atoms with Crippen LogP contribution < -0.4 is 15.5 Å². The number of benzene rings is 3.